The molecule has 0 aliphatic rings. The van der Waals surface area contributed by atoms with Crippen LogP contribution in [0.15, 0.2) is 0 Å². The number of sulfonamides is 1. The molecule has 98 valence electrons. The lowest BCUT2D eigenvalue weighted by Crippen LogP contribution is -2.26. The molecule has 0 radical (unpaired) electrons. The van der Waals surface area contributed by atoms with Gasteiger partial charge < -0.3 is 4.74 Å². The zero-order chi connectivity index (χ0) is 13.1. The lowest BCUT2D eigenvalue weighted by atomic mass is 10.0. The van der Waals surface area contributed by atoms with Crippen molar-refractivity contribution in [2.45, 2.75) is 27.7 Å². The van der Waals surface area contributed by atoms with Crippen molar-refractivity contribution in [3.05, 3.63) is 0 Å². The summed E-state index contributed by atoms with van der Waals surface area (Å²) in [5.41, 5.74) is -0.325. The Balaban J connectivity index is 2.70. The molecule has 1 aromatic rings. The van der Waals surface area contributed by atoms with Gasteiger partial charge in [0.2, 0.25) is 16.0 Å². The number of H-pyrrole nitrogens is 1. The number of hydrogen-bond donors (Lipinski definition) is 2. The van der Waals surface area contributed by atoms with Crippen molar-refractivity contribution in [3.8, 4) is 6.01 Å². The monoisotopic (exact) mass is 262 g/mol. The van der Waals surface area contributed by atoms with Crippen LogP contribution in [0.3, 0.4) is 0 Å². The first-order valence-corrected chi connectivity index (χ1v) is 6.93. The number of ether oxygens (including phenoxy) is 1. The van der Waals surface area contributed by atoms with E-state index in [1.165, 1.54) is 0 Å². The minimum absolute atomic E-state index is 0.00463. The molecule has 1 aromatic heterocycles. The fraction of sp³-hybridized carbons (Fsp3) is 0.778. The molecule has 0 spiro atoms. The van der Waals surface area contributed by atoms with Gasteiger partial charge in [0.1, 0.15) is 0 Å². The first-order chi connectivity index (χ1) is 7.72. The maximum atomic E-state index is 11.7. The molecule has 0 aromatic carbocycles. The Bertz CT molecular complexity index is 461. The highest BCUT2D eigenvalue weighted by Crippen LogP contribution is 2.17. The summed E-state index contributed by atoms with van der Waals surface area (Å²) < 4.78 is 30.8. The van der Waals surface area contributed by atoms with E-state index in [1.54, 1.807) is 6.92 Å². The van der Waals surface area contributed by atoms with Crippen molar-refractivity contribution in [2.75, 3.05) is 17.1 Å². The molecule has 7 nitrogen and oxygen atoms in total. The molecule has 0 saturated carbocycles. The van der Waals surface area contributed by atoms with Crippen LogP contribution in [0, 0.1) is 5.41 Å². The fourth-order valence-corrected chi connectivity index (χ4v) is 2.84. The van der Waals surface area contributed by atoms with E-state index < -0.39 is 10.0 Å². The molecule has 0 amide bonds. The van der Waals surface area contributed by atoms with Gasteiger partial charge in [-0.05, 0) is 12.3 Å². The molecule has 0 saturated heterocycles. The van der Waals surface area contributed by atoms with Gasteiger partial charge in [-0.15, -0.1) is 5.10 Å². The van der Waals surface area contributed by atoms with E-state index >= 15 is 0 Å². The van der Waals surface area contributed by atoms with Gasteiger partial charge in [-0.25, -0.2) is 13.5 Å². The molecular weight excluding hydrogens is 244 g/mol. The van der Waals surface area contributed by atoms with Gasteiger partial charge in [0.25, 0.3) is 0 Å². The molecule has 0 aliphatic heterocycles. The van der Waals surface area contributed by atoms with Crippen LogP contribution in [0.4, 0.5) is 5.95 Å². The van der Waals surface area contributed by atoms with E-state index in [0.29, 0.717) is 6.61 Å². The number of anilines is 1. The van der Waals surface area contributed by atoms with Gasteiger partial charge >= 0.3 is 6.01 Å². The third-order valence-corrected chi connectivity index (χ3v) is 3.36. The summed E-state index contributed by atoms with van der Waals surface area (Å²) in [6, 6.07) is 0.126. The Kier molecular flexibility index (Phi) is 3.97. The van der Waals surface area contributed by atoms with Gasteiger partial charge in [-0.2, -0.15) is 4.98 Å². The average Bonchev–Trinajstić information content (AvgIpc) is 2.47. The Hall–Kier alpha value is -1.31. The molecule has 0 atom stereocenters. The molecule has 2 N–H and O–H groups in total. The summed E-state index contributed by atoms with van der Waals surface area (Å²) in [5.74, 6) is 0.0719. The Morgan fingerprint density at radius 2 is 2.06 bits per heavy atom. The van der Waals surface area contributed by atoms with E-state index in [9.17, 15) is 8.42 Å². The van der Waals surface area contributed by atoms with Crippen LogP contribution >= 0.6 is 0 Å². The van der Waals surface area contributed by atoms with Crippen LogP contribution in [-0.2, 0) is 10.0 Å². The summed E-state index contributed by atoms with van der Waals surface area (Å²) >= 11 is 0. The second kappa shape index (κ2) is 4.91. The van der Waals surface area contributed by atoms with Crippen LogP contribution in [0.25, 0.3) is 0 Å². The normalized spacial score (nSPS) is 12.5. The lowest BCUT2D eigenvalue weighted by Gasteiger charge is -2.17. The first kappa shape index (κ1) is 13.8. The highest BCUT2D eigenvalue weighted by molar-refractivity contribution is 7.92. The van der Waals surface area contributed by atoms with Crippen molar-refractivity contribution in [2.24, 2.45) is 5.41 Å². The van der Waals surface area contributed by atoms with Crippen molar-refractivity contribution in [3.63, 3.8) is 0 Å². The van der Waals surface area contributed by atoms with E-state index in [2.05, 4.69) is 19.9 Å². The zero-order valence-electron chi connectivity index (χ0n) is 10.4. The topological polar surface area (TPSA) is 97.0 Å². The molecule has 17 heavy (non-hydrogen) atoms. The maximum absolute atomic E-state index is 11.7. The smallest absolute Gasteiger partial charge is 0.337 e. The summed E-state index contributed by atoms with van der Waals surface area (Å²) in [6.45, 7) is 7.75. The van der Waals surface area contributed by atoms with Crippen molar-refractivity contribution >= 4 is 16.0 Å². The summed E-state index contributed by atoms with van der Waals surface area (Å²) in [4.78, 5) is 3.84. The second-order valence-corrected chi connectivity index (χ2v) is 6.54. The van der Waals surface area contributed by atoms with Gasteiger partial charge in [-0.1, -0.05) is 20.8 Å². The molecule has 0 fully saturated rings. The van der Waals surface area contributed by atoms with Crippen LogP contribution in [0.1, 0.15) is 27.7 Å². The van der Waals surface area contributed by atoms with Gasteiger partial charge in [0.05, 0.1) is 12.4 Å². The third kappa shape index (κ3) is 5.03. The molecule has 1 rings (SSSR count). The fourth-order valence-electron chi connectivity index (χ4n) is 1.24. The second-order valence-electron chi connectivity index (χ2n) is 4.82. The van der Waals surface area contributed by atoms with Gasteiger partial charge in [0, 0.05) is 0 Å². The quantitative estimate of drug-likeness (QED) is 0.824. The van der Waals surface area contributed by atoms with E-state index in [-0.39, 0.29) is 23.1 Å². The van der Waals surface area contributed by atoms with Crippen molar-refractivity contribution in [1.29, 1.82) is 0 Å². The van der Waals surface area contributed by atoms with Crippen LogP contribution in [0.5, 0.6) is 6.01 Å². The summed E-state index contributed by atoms with van der Waals surface area (Å²) in [6.07, 6.45) is 0. The van der Waals surface area contributed by atoms with E-state index in [4.69, 9.17) is 4.74 Å². The van der Waals surface area contributed by atoms with Crippen LogP contribution < -0.4 is 9.46 Å². The first-order valence-electron chi connectivity index (χ1n) is 5.27. The molecule has 1 heterocycles. The predicted octanol–water partition coefficient (Wildman–Crippen LogP) is 0.991. The molecule has 0 unspecified atom stereocenters. The maximum Gasteiger partial charge on any atom is 0.337 e. The SMILES string of the molecule is CCOc1n[nH]c(NS(=O)(=O)CC(C)(C)C)n1. The molecular formula is C9H18N4O3S. The largest absolute Gasteiger partial charge is 0.463 e. The average molecular weight is 262 g/mol. The number of nitrogens with zero attached hydrogens (tertiary/aromatic N) is 2. The number of hydrogen-bond acceptors (Lipinski definition) is 5. The minimum Gasteiger partial charge on any atom is -0.463 e. The number of rotatable bonds is 5. The van der Waals surface area contributed by atoms with E-state index in [1.807, 2.05) is 20.8 Å². The molecule has 0 aliphatic carbocycles. The summed E-state index contributed by atoms with van der Waals surface area (Å²) in [7, 11) is -3.43. The molecule has 8 heteroatoms. The number of aromatic amines is 1. The van der Waals surface area contributed by atoms with Crippen LogP contribution in [-0.4, -0.2) is 36.0 Å². The highest BCUT2D eigenvalue weighted by Gasteiger charge is 2.22. The van der Waals surface area contributed by atoms with Crippen molar-refractivity contribution < 1.29 is 13.2 Å². The Morgan fingerprint density at radius 1 is 1.41 bits per heavy atom. The predicted molar refractivity (Wildman–Crippen MR) is 64.4 cm³/mol. The van der Waals surface area contributed by atoms with Crippen molar-refractivity contribution in [1.82, 2.24) is 15.2 Å². The minimum atomic E-state index is -3.43. The van der Waals surface area contributed by atoms with E-state index in [0.717, 1.165) is 0 Å². The highest BCUT2D eigenvalue weighted by atomic mass is 32.2. The standard InChI is InChI=1S/C9H18N4O3S/c1-5-16-8-10-7(11-12-8)13-17(14,15)6-9(2,3)4/h5-6H2,1-4H3,(H2,10,11,12,13). The summed E-state index contributed by atoms with van der Waals surface area (Å²) in [5, 5.41) is 6.16. The van der Waals surface area contributed by atoms with Gasteiger partial charge in [0.15, 0.2) is 0 Å². The Labute approximate surface area is 101 Å². The number of nitrogens with one attached hydrogen (secondary N) is 2. The number of aromatic nitrogens is 3. The van der Waals surface area contributed by atoms with Gasteiger partial charge in [-0.3, -0.25) is 4.72 Å². The molecule has 0 bridgehead atoms. The Morgan fingerprint density at radius 3 is 2.59 bits per heavy atom. The lowest BCUT2D eigenvalue weighted by molar-refractivity contribution is 0.314. The van der Waals surface area contributed by atoms with Crippen LogP contribution in [0.2, 0.25) is 0 Å². The third-order valence-electron chi connectivity index (χ3n) is 1.61. The zero-order valence-corrected chi connectivity index (χ0v) is 11.3.